The highest BCUT2D eigenvalue weighted by Crippen LogP contribution is 2.24. The minimum Gasteiger partial charge on any atom is -0.342 e. The number of likely N-dealkylation sites (tertiary alicyclic amines) is 1. The predicted molar refractivity (Wildman–Crippen MR) is 96.7 cm³/mol. The number of thiophene rings is 1. The number of nitrogens with zero attached hydrogens (tertiary/aromatic N) is 4. The summed E-state index contributed by atoms with van der Waals surface area (Å²) in [6, 6.07) is 1.96. The number of carbonyl (C=O) groups is 2. The maximum atomic E-state index is 12.6. The maximum Gasteiger partial charge on any atom is 0.269 e. The van der Waals surface area contributed by atoms with Crippen LogP contribution in [0.2, 0.25) is 0 Å². The Kier molecular flexibility index (Phi) is 4.75. The minimum atomic E-state index is -0.444. The number of amides is 2. The Morgan fingerprint density at radius 3 is 3.12 bits per heavy atom. The molecule has 0 aliphatic carbocycles. The Balaban J connectivity index is 1.38. The van der Waals surface area contributed by atoms with Crippen LogP contribution >= 0.6 is 11.3 Å². The molecule has 4 heterocycles. The van der Waals surface area contributed by atoms with Crippen LogP contribution in [0.3, 0.4) is 0 Å². The topological polar surface area (TPSA) is 88.7 Å². The number of dihydropyridines is 1. The standard InChI is InChI=1S/C18H18N4O3S/c23-15-4-3-13(9-19-15)18(24)22-6-1-2-12(10-22)8-16-20-17(21-25-16)14-5-7-26-11-14/h3-5,7,9,11-13H,1-2,6,8,10H2. The summed E-state index contributed by atoms with van der Waals surface area (Å²) in [6.45, 7) is 1.38. The Morgan fingerprint density at radius 2 is 2.35 bits per heavy atom. The zero-order chi connectivity index (χ0) is 17.9. The number of hydrogen-bond donors (Lipinski definition) is 0. The largest absolute Gasteiger partial charge is 0.342 e. The van der Waals surface area contributed by atoms with Gasteiger partial charge in [0, 0.05) is 42.7 Å². The van der Waals surface area contributed by atoms with Gasteiger partial charge in [-0.1, -0.05) is 11.2 Å². The van der Waals surface area contributed by atoms with Crippen LogP contribution in [0.5, 0.6) is 0 Å². The summed E-state index contributed by atoms with van der Waals surface area (Å²) in [5.74, 6) is 0.734. The molecule has 2 aromatic rings. The lowest BCUT2D eigenvalue weighted by molar-refractivity contribution is -0.133. The van der Waals surface area contributed by atoms with E-state index in [9.17, 15) is 9.59 Å². The Labute approximate surface area is 154 Å². The molecule has 134 valence electrons. The van der Waals surface area contributed by atoms with E-state index < -0.39 is 5.92 Å². The molecule has 0 saturated carbocycles. The quantitative estimate of drug-likeness (QED) is 0.824. The average molecular weight is 370 g/mol. The van der Waals surface area contributed by atoms with Gasteiger partial charge in [-0.25, -0.2) is 4.99 Å². The monoisotopic (exact) mass is 370 g/mol. The second-order valence-corrected chi connectivity index (χ2v) is 7.30. The lowest BCUT2D eigenvalue weighted by Crippen LogP contribution is -2.43. The maximum absolute atomic E-state index is 12.6. The highest BCUT2D eigenvalue weighted by atomic mass is 32.1. The molecule has 0 aromatic carbocycles. The van der Waals surface area contributed by atoms with Crippen molar-refractivity contribution in [3.05, 3.63) is 34.9 Å². The molecule has 2 unspecified atom stereocenters. The fourth-order valence-electron chi connectivity index (χ4n) is 3.31. The van der Waals surface area contributed by atoms with Crippen molar-refractivity contribution in [3.8, 4) is 11.4 Å². The number of hydrogen-bond acceptors (Lipinski definition) is 6. The molecule has 0 bridgehead atoms. The van der Waals surface area contributed by atoms with Crippen molar-refractivity contribution >= 4 is 29.4 Å². The van der Waals surface area contributed by atoms with E-state index in [2.05, 4.69) is 15.1 Å². The lowest BCUT2D eigenvalue weighted by Gasteiger charge is -2.33. The fourth-order valence-corrected chi connectivity index (χ4v) is 3.95. The molecule has 2 atom stereocenters. The number of carbonyl (C=O) groups excluding carboxylic acids is 2. The number of aromatic nitrogens is 2. The molecule has 2 aliphatic heterocycles. The van der Waals surface area contributed by atoms with Crippen LogP contribution < -0.4 is 0 Å². The summed E-state index contributed by atoms with van der Waals surface area (Å²) >= 11 is 1.59. The first kappa shape index (κ1) is 16.8. The zero-order valence-corrected chi connectivity index (χ0v) is 14.9. The second kappa shape index (κ2) is 7.33. The van der Waals surface area contributed by atoms with Gasteiger partial charge in [0.1, 0.15) is 0 Å². The van der Waals surface area contributed by atoms with Crippen molar-refractivity contribution in [3.63, 3.8) is 0 Å². The summed E-state index contributed by atoms with van der Waals surface area (Å²) in [6.07, 6.45) is 7.02. The van der Waals surface area contributed by atoms with Gasteiger partial charge in [0.25, 0.3) is 5.91 Å². The summed E-state index contributed by atoms with van der Waals surface area (Å²) in [5, 5.41) is 8.00. The fraction of sp³-hybridized carbons (Fsp3) is 0.389. The second-order valence-electron chi connectivity index (χ2n) is 6.52. The van der Waals surface area contributed by atoms with Gasteiger partial charge in [0.05, 0.1) is 5.92 Å². The van der Waals surface area contributed by atoms with Crippen molar-refractivity contribution in [1.29, 1.82) is 0 Å². The van der Waals surface area contributed by atoms with Gasteiger partial charge in [-0.05, 0) is 30.2 Å². The predicted octanol–water partition coefficient (Wildman–Crippen LogP) is 2.36. The van der Waals surface area contributed by atoms with Crippen LogP contribution in [-0.4, -0.2) is 46.2 Å². The van der Waals surface area contributed by atoms with Gasteiger partial charge < -0.3 is 9.42 Å². The van der Waals surface area contributed by atoms with Gasteiger partial charge in [-0.2, -0.15) is 16.3 Å². The highest BCUT2D eigenvalue weighted by Gasteiger charge is 2.29. The van der Waals surface area contributed by atoms with Crippen molar-refractivity contribution in [1.82, 2.24) is 15.0 Å². The van der Waals surface area contributed by atoms with Crippen molar-refractivity contribution in [2.24, 2.45) is 16.8 Å². The van der Waals surface area contributed by atoms with Crippen molar-refractivity contribution in [2.45, 2.75) is 19.3 Å². The molecule has 1 saturated heterocycles. The van der Waals surface area contributed by atoms with Crippen molar-refractivity contribution in [2.75, 3.05) is 13.1 Å². The normalized spacial score (nSPS) is 22.8. The molecule has 2 aliphatic rings. The summed E-state index contributed by atoms with van der Waals surface area (Å²) in [7, 11) is 0. The first-order chi connectivity index (χ1) is 12.7. The molecule has 0 N–H and O–H groups in total. The van der Waals surface area contributed by atoms with Crippen LogP contribution in [0.4, 0.5) is 0 Å². The van der Waals surface area contributed by atoms with E-state index in [4.69, 9.17) is 4.52 Å². The van der Waals surface area contributed by atoms with Gasteiger partial charge >= 0.3 is 0 Å². The average Bonchev–Trinajstić information content (AvgIpc) is 3.34. The van der Waals surface area contributed by atoms with E-state index in [-0.39, 0.29) is 17.7 Å². The summed E-state index contributed by atoms with van der Waals surface area (Å²) in [5.41, 5.74) is 0.961. The minimum absolute atomic E-state index is 0.00769. The Hall–Kier alpha value is -2.61. The molecule has 2 amide bonds. The SMILES string of the molecule is O=C1C=CC(C(=O)N2CCCC(Cc3nc(-c4ccsc4)no3)C2)C=N1. The van der Waals surface area contributed by atoms with E-state index >= 15 is 0 Å². The van der Waals surface area contributed by atoms with E-state index in [1.165, 1.54) is 12.3 Å². The van der Waals surface area contributed by atoms with Crippen LogP contribution in [-0.2, 0) is 16.0 Å². The summed E-state index contributed by atoms with van der Waals surface area (Å²) in [4.78, 5) is 33.8. The molecular formula is C18H18N4O3S. The van der Waals surface area contributed by atoms with Gasteiger partial charge in [-0.15, -0.1) is 0 Å². The third-order valence-corrected chi connectivity index (χ3v) is 5.32. The highest BCUT2D eigenvalue weighted by molar-refractivity contribution is 7.08. The lowest BCUT2D eigenvalue weighted by atomic mass is 9.93. The van der Waals surface area contributed by atoms with E-state index in [0.29, 0.717) is 24.7 Å². The third kappa shape index (κ3) is 3.65. The van der Waals surface area contributed by atoms with Gasteiger partial charge in [-0.3, -0.25) is 9.59 Å². The molecular weight excluding hydrogens is 352 g/mol. The number of piperidine rings is 1. The zero-order valence-electron chi connectivity index (χ0n) is 14.1. The molecule has 0 radical (unpaired) electrons. The Morgan fingerprint density at radius 1 is 1.42 bits per heavy atom. The number of aliphatic imine (C=N–C) groups is 1. The van der Waals surface area contributed by atoms with Gasteiger partial charge in [0.15, 0.2) is 0 Å². The van der Waals surface area contributed by atoms with Gasteiger partial charge in [0.2, 0.25) is 17.6 Å². The molecule has 26 heavy (non-hydrogen) atoms. The van der Waals surface area contributed by atoms with Crippen molar-refractivity contribution < 1.29 is 14.1 Å². The smallest absolute Gasteiger partial charge is 0.269 e. The number of rotatable bonds is 4. The van der Waals surface area contributed by atoms with Crippen LogP contribution in [0.15, 0.2) is 38.5 Å². The van der Waals surface area contributed by atoms with E-state index in [1.54, 1.807) is 17.4 Å². The molecule has 8 heteroatoms. The Bertz CT molecular complexity index is 840. The molecule has 4 rings (SSSR count). The molecule has 2 aromatic heterocycles. The van der Waals surface area contributed by atoms with E-state index in [0.717, 1.165) is 24.9 Å². The first-order valence-electron chi connectivity index (χ1n) is 8.59. The van der Waals surface area contributed by atoms with Crippen LogP contribution in [0.25, 0.3) is 11.4 Å². The van der Waals surface area contributed by atoms with Crippen LogP contribution in [0.1, 0.15) is 18.7 Å². The van der Waals surface area contributed by atoms with E-state index in [1.807, 2.05) is 21.7 Å². The first-order valence-corrected chi connectivity index (χ1v) is 9.53. The third-order valence-electron chi connectivity index (χ3n) is 4.64. The molecule has 0 spiro atoms. The molecule has 1 fully saturated rings. The van der Waals surface area contributed by atoms with Crippen LogP contribution in [0, 0.1) is 11.8 Å². The molecule has 7 nitrogen and oxygen atoms in total. The summed E-state index contributed by atoms with van der Waals surface area (Å²) < 4.78 is 5.39.